The number of carbonyl (C=O) groups excluding carboxylic acids is 2. The molecule has 0 saturated carbocycles. The van der Waals surface area contributed by atoms with E-state index < -0.39 is 0 Å². The average molecular weight is 234 g/mol. The Morgan fingerprint density at radius 2 is 1.94 bits per heavy atom. The van der Waals surface area contributed by atoms with Crippen molar-refractivity contribution in [2.75, 3.05) is 11.9 Å². The first kappa shape index (κ1) is 13.2. The summed E-state index contributed by atoms with van der Waals surface area (Å²) in [6, 6.07) is 7.72. The molecule has 4 heteroatoms. The van der Waals surface area contributed by atoms with Crippen molar-refractivity contribution in [3.63, 3.8) is 0 Å². The molecular weight excluding hydrogens is 216 g/mol. The van der Waals surface area contributed by atoms with Crippen molar-refractivity contribution in [2.24, 2.45) is 0 Å². The number of carbonyl (C=O) groups is 2. The fourth-order valence-corrected chi connectivity index (χ4v) is 1.52. The van der Waals surface area contributed by atoms with Gasteiger partial charge in [0.05, 0.1) is 0 Å². The Hall–Kier alpha value is -1.84. The van der Waals surface area contributed by atoms with Crippen LogP contribution in [0.5, 0.6) is 0 Å². The van der Waals surface area contributed by atoms with Crippen molar-refractivity contribution >= 4 is 17.5 Å². The van der Waals surface area contributed by atoms with Gasteiger partial charge in [0.15, 0.2) is 0 Å². The zero-order valence-corrected chi connectivity index (χ0v) is 10.2. The molecule has 17 heavy (non-hydrogen) atoms. The van der Waals surface area contributed by atoms with E-state index >= 15 is 0 Å². The third kappa shape index (κ3) is 4.68. The van der Waals surface area contributed by atoms with E-state index in [0.717, 1.165) is 17.7 Å². The molecule has 0 saturated heterocycles. The molecule has 0 spiro atoms. The van der Waals surface area contributed by atoms with Gasteiger partial charge in [-0.2, -0.15) is 0 Å². The number of para-hydroxylation sites is 1. The molecule has 0 aliphatic carbocycles. The number of hydrogen-bond acceptors (Lipinski definition) is 2. The summed E-state index contributed by atoms with van der Waals surface area (Å²) in [6.45, 7) is 3.85. The second-order valence-corrected chi connectivity index (χ2v) is 3.79. The van der Waals surface area contributed by atoms with E-state index in [-0.39, 0.29) is 18.2 Å². The lowest BCUT2D eigenvalue weighted by atomic mass is 10.1. The van der Waals surface area contributed by atoms with Crippen molar-refractivity contribution < 1.29 is 9.59 Å². The summed E-state index contributed by atoms with van der Waals surface area (Å²) in [5, 5.41) is 5.44. The van der Waals surface area contributed by atoms with Crippen molar-refractivity contribution in [2.45, 2.75) is 26.7 Å². The molecule has 0 aliphatic rings. The van der Waals surface area contributed by atoms with Gasteiger partial charge in [0, 0.05) is 25.6 Å². The molecule has 0 heterocycles. The molecule has 0 aromatic heterocycles. The first-order chi connectivity index (χ1) is 8.13. The van der Waals surface area contributed by atoms with E-state index in [1.54, 1.807) is 0 Å². The van der Waals surface area contributed by atoms with Crippen LogP contribution in [0.2, 0.25) is 0 Å². The van der Waals surface area contributed by atoms with Crippen LogP contribution in [0.25, 0.3) is 0 Å². The molecular formula is C13H18N2O2. The Balaban J connectivity index is 2.47. The molecule has 2 amide bonds. The first-order valence-corrected chi connectivity index (χ1v) is 5.75. The molecule has 2 N–H and O–H groups in total. The maximum atomic E-state index is 11.6. The predicted octanol–water partition coefficient (Wildman–Crippen LogP) is 1.71. The van der Waals surface area contributed by atoms with E-state index in [1.165, 1.54) is 6.92 Å². The largest absolute Gasteiger partial charge is 0.356 e. The van der Waals surface area contributed by atoms with Gasteiger partial charge in [0.1, 0.15) is 0 Å². The highest BCUT2D eigenvalue weighted by Gasteiger charge is 2.05. The maximum absolute atomic E-state index is 11.6. The first-order valence-electron chi connectivity index (χ1n) is 5.75. The van der Waals surface area contributed by atoms with Gasteiger partial charge in [-0.05, 0) is 18.1 Å². The van der Waals surface area contributed by atoms with Gasteiger partial charge in [-0.3, -0.25) is 9.59 Å². The third-order valence-electron chi connectivity index (χ3n) is 2.40. The van der Waals surface area contributed by atoms with Gasteiger partial charge in [0.25, 0.3) is 0 Å². The summed E-state index contributed by atoms with van der Waals surface area (Å²) in [6.07, 6.45) is 1.17. The number of rotatable bonds is 5. The minimum Gasteiger partial charge on any atom is -0.356 e. The Kier molecular flexibility index (Phi) is 5.20. The molecule has 92 valence electrons. The van der Waals surface area contributed by atoms with Crippen molar-refractivity contribution in [3.8, 4) is 0 Å². The van der Waals surface area contributed by atoms with Gasteiger partial charge in [-0.25, -0.2) is 0 Å². The summed E-state index contributed by atoms with van der Waals surface area (Å²) >= 11 is 0. The topological polar surface area (TPSA) is 58.2 Å². The standard InChI is InChI=1S/C13H18N2O2/c1-3-11-6-4-5-7-12(11)15-13(17)8-9-14-10(2)16/h4-7H,3,8-9H2,1-2H3,(H,14,16)(H,15,17). The molecule has 4 nitrogen and oxygen atoms in total. The quantitative estimate of drug-likeness (QED) is 0.815. The number of nitrogens with one attached hydrogen (secondary N) is 2. The number of anilines is 1. The molecule has 0 fully saturated rings. The fraction of sp³-hybridized carbons (Fsp3) is 0.385. The minimum absolute atomic E-state index is 0.0837. The Morgan fingerprint density at radius 3 is 2.59 bits per heavy atom. The monoisotopic (exact) mass is 234 g/mol. The van der Waals surface area contributed by atoms with Gasteiger partial charge < -0.3 is 10.6 Å². The SMILES string of the molecule is CCc1ccccc1NC(=O)CCNC(C)=O. The van der Waals surface area contributed by atoms with Gasteiger partial charge >= 0.3 is 0 Å². The molecule has 1 rings (SSSR count). The average Bonchev–Trinajstić information content (AvgIpc) is 2.29. The zero-order chi connectivity index (χ0) is 12.7. The molecule has 0 atom stereocenters. The van der Waals surface area contributed by atoms with Crippen LogP contribution in [0.3, 0.4) is 0 Å². The molecule has 0 bridgehead atoms. The normalized spacial score (nSPS) is 9.76. The summed E-state index contributed by atoms with van der Waals surface area (Å²) < 4.78 is 0. The second kappa shape index (κ2) is 6.68. The van der Waals surface area contributed by atoms with E-state index in [2.05, 4.69) is 10.6 Å². The molecule has 0 unspecified atom stereocenters. The Morgan fingerprint density at radius 1 is 1.24 bits per heavy atom. The van der Waals surface area contributed by atoms with E-state index in [1.807, 2.05) is 31.2 Å². The molecule has 0 aliphatic heterocycles. The van der Waals surface area contributed by atoms with E-state index in [4.69, 9.17) is 0 Å². The van der Waals surface area contributed by atoms with Gasteiger partial charge in [-0.1, -0.05) is 25.1 Å². The third-order valence-corrected chi connectivity index (χ3v) is 2.40. The van der Waals surface area contributed by atoms with Crippen LogP contribution in [-0.4, -0.2) is 18.4 Å². The van der Waals surface area contributed by atoms with E-state index in [9.17, 15) is 9.59 Å². The van der Waals surface area contributed by atoms with Crippen LogP contribution >= 0.6 is 0 Å². The number of aryl methyl sites for hydroxylation is 1. The van der Waals surface area contributed by atoms with Crippen molar-refractivity contribution in [3.05, 3.63) is 29.8 Å². The van der Waals surface area contributed by atoms with E-state index in [0.29, 0.717) is 6.54 Å². The summed E-state index contributed by atoms with van der Waals surface area (Å²) in [5.41, 5.74) is 1.96. The predicted molar refractivity (Wildman–Crippen MR) is 67.8 cm³/mol. The zero-order valence-electron chi connectivity index (χ0n) is 10.2. The highest BCUT2D eigenvalue weighted by Crippen LogP contribution is 2.15. The Labute approximate surface area is 101 Å². The van der Waals surface area contributed by atoms with Crippen LogP contribution in [0.1, 0.15) is 25.8 Å². The van der Waals surface area contributed by atoms with Crippen molar-refractivity contribution in [1.29, 1.82) is 0 Å². The second-order valence-electron chi connectivity index (χ2n) is 3.79. The highest BCUT2D eigenvalue weighted by atomic mass is 16.2. The summed E-state index contributed by atoms with van der Waals surface area (Å²) in [7, 11) is 0. The summed E-state index contributed by atoms with van der Waals surface area (Å²) in [4.78, 5) is 22.2. The van der Waals surface area contributed by atoms with Crippen molar-refractivity contribution in [1.82, 2.24) is 5.32 Å². The molecule has 1 aromatic rings. The van der Waals surface area contributed by atoms with Crippen LogP contribution in [-0.2, 0) is 16.0 Å². The van der Waals surface area contributed by atoms with Crippen LogP contribution in [0.15, 0.2) is 24.3 Å². The molecule has 0 radical (unpaired) electrons. The van der Waals surface area contributed by atoms with Crippen LogP contribution in [0.4, 0.5) is 5.69 Å². The van der Waals surface area contributed by atoms with Crippen LogP contribution < -0.4 is 10.6 Å². The lowest BCUT2D eigenvalue weighted by Crippen LogP contribution is -2.25. The summed E-state index contributed by atoms with van der Waals surface area (Å²) in [5.74, 6) is -0.202. The lowest BCUT2D eigenvalue weighted by Gasteiger charge is -2.09. The van der Waals surface area contributed by atoms with Gasteiger partial charge in [-0.15, -0.1) is 0 Å². The highest BCUT2D eigenvalue weighted by molar-refractivity contribution is 5.91. The lowest BCUT2D eigenvalue weighted by molar-refractivity contribution is -0.119. The number of hydrogen-bond donors (Lipinski definition) is 2. The van der Waals surface area contributed by atoms with Gasteiger partial charge in [0.2, 0.25) is 11.8 Å². The molecule has 1 aromatic carbocycles. The number of amides is 2. The smallest absolute Gasteiger partial charge is 0.226 e. The number of benzene rings is 1. The Bertz CT molecular complexity index is 402. The fourth-order valence-electron chi connectivity index (χ4n) is 1.52. The van der Waals surface area contributed by atoms with Crippen LogP contribution in [0, 0.1) is 0 Å². The maximum Gasteiger partial charge on any atom is 0.226 e. The minimum atomic E-state index is -0.119.